The number of aromatic nitrogens is 2. The minimum atomic E-state index is -5.08. The van der Waals surface area contributed by atoms with Crippen LogP contribution in [0.15, 0.2) is 54.7 Å². The Bertz CT molecular complexity index is 1210. The summed E-state index contributed by atoms with van der Waals surface area (Å²) in [5.74, 6) is -2.32. The monoisotopic (exact) mass is 495 g/mol. The van der Waals surface area contributed by atoms with Crippen molar-refractivity contribution in [2.45, 2.75) is 37.9 Å². The average molecular weight is 495 g/mol. The minimum absolute atomic E-state index is 0.168. The second kappa shape index (κ2) is 9.74. The van der Waals surface area contributed by atoms with Gasteiger partial charge in [0.15, 0.2) is 0 Å². The van der Waals surface area contributed by atoms with E-state index in [1.54, 1.807) is 18.3 Å². The number of halogens is 5. The molecule has 2 aromatic carbocycles. The van der Waals surface area contributed by atoms with E-state index in [2.05, 4.69) is 14.5 Å². The second-order valence-electron chi connectivity index (χ2n) is 8.48. The fourth-order valence-electron chi connectivity index (χ4n) is 4.31. The molecule has 1 unspecified atom stereocenters. The number of hydrogen-bond acceptors (Lipinski definition) is 4. The Morgan fingerprint density at radius 1 is 1.11 bits per heavy atom. The van der Waals surface area contributed by atoms with Crippen molar-refractivity contribution < 1.29 is 36.6 Å². The maximum Gasteiger partial charge on any atom is 0.490 e. The number of likely N-dealkylation sites (tertiary alicyclic amines) is 1. The molecule has 3 heterocycles. The normalized spacial score (nSPS) is 19.8. The molecule has 35 heavy (non-hydrogen) atoms. The Morgan fingerprint density at radius 2 is 1.86 bits per heavy atom. The zero-order valence-electron chi connectivity index (χ0n) is 18.4. The first-order valence-corrected chi connectivity index (χ1v) is 10.8. The summed E-state index contributed by atoms with van der Waals surface area (Å²) in [5, 5.41) is 7.12. The third kappa shape index (κ3) is 5.68. The van der Waals surface area contributed by atoms with Crippen LogP contribution in [-0.2, 0) is 29.2 Å². The molecular weight excluding hydrogens is 473 g/mol. The number of benzene rings is 2. The molecule has 0 saturated carbocycles. The Balaban J connectivity index is 0.000000364. The van der Waals surface area contributed by atoms with E-state index in [0.717, 1.165) is 36.6 Å². The third-order valence-electron chi connectivity index (χ3n) is 6.00. The molecule has 186 valence electrons. The Labute approximate surface area is 197 Å². The molecule has 2 aliphatic rings. The van der Waals surface area contributed by atoms with Crippen LogP contribution >= 0.6 is 0 Å². The largest absolute Gasteiger partial charge is 0.490 e. The van der Waals surface area contributed by atoms with Crippen molar-refractivity contribution >= 4 is 5.97 Å². The molecule has 1 atom stereocenters. The number of carboxylic acids is 1. The lowest BCUT2D eigenvalue weighted by atomic mass is 10.0. The molecule has 3 aromatic rings. The van der Waals surface area contributed by atoms with Gasteiger partial charge in [0.2, 0.25) is 0 Å². The van der Waals surface area contributed by atoms with E-state index in [-0.39, 0.29) is 17.2 Å². The van der Waals surface area contributed by atoms with Crippen molar-refractivity contribution in [3.05, 3.63) is 77.8 Å². The van der Waals surface area contributed by atoms with Crippen LogP contribution in [0.25, 0.3) is 11.3 Å². The van der Waals surface area contributed by atoms with Crippen molar-refractivity contribution in [3.8, 4) is 11.3 Å². The van der Waals surface area contributed by atoms with Gasteiger partial charge >= 0.3 is 12.1 Å². The highest BCUT2D eigenvalue weighted by molar-refractivity contribution is 5.73. The first kappa shape index (κ1) is 24.8. The zero-order valence-corrected chi connectivity index (χ0v) is 18.4. The molecule has 0 aliphatic carbocycles. The van der Waals surface area contributed by atoms with Crippen molar-refractivity contribution in [1.82, 2.24) is 14.5 Å². The van der Waals surface area contributed by atoms with Gasteiger partial charge in [0, 0.05) is 30.8 Å². The Kier molecular flexibility index (Phi) is 6.91. The number of rotatable bonds is 3. The summed E-state index contributed by atoms with van der Waals surface area (Å²) in [6.07, 6.45) is -2.42. The van der Waals surface area contributed by atoms with Crippen LogP contribution < -0.4 is 0 Å². The van der Waals surface area contributed by atoms with Crippen LogP contribution in [0.2, 0.25) is 0 Å². The maximum absolute atomic E-state index is 14.0. The molecule has 11 heteroatoms. The predicted molar refractivity (Wildman–Crippen MR) is 115 cm³/mol. The topological polar surface area (TPSA) is 67.6 Å². The molecule has 1 fully saturated rings. The highest BCUT2D eigenvalue weighted by Gasteiger charge is 2.43. The van der Waals surface area contributed by atoms with Crippen molar-refractivity contribution in [1.29, 1.82) is 0 Å². The first-order valence-electron chi connectivity index (χ1n) is 10.8. The van der Waals surface area contributed by atoms with Crippen LogP contribution in [-0.4, -0.2) is 50.4 Å². The van der Waals surface area contributed by atoms with Gasteiger partial charge in [-0.05, 0) is 24.6 Å². The Morgan fingerprint density at radius 3 is 2.54 bits per heavy atom. The number of imidazole rings is 1. The number of carbonyl (C=O) groups is 1. The summed E-state index contributed by atoms with van der Waals surface area (Å²) in [4.78, 5) is 15.6. The third-order valence-corrected chi connectivity index (χ3v) is 6.00. The number of nitrogens with zero attached hydrogens (tertiary/aromatic N) is 3. The first-order chi connectivity index (χ1) is 16.6. The lowest BCUT2D eigenvalue weighted by Gasteiger charge is -2.35. The average Bonchev–Trinajstić information content (AvgIpc) is 3.39. The fourth-order valence-corrected chi connectivity index (χ4v) is 4.31. The standard InChI is InChI=1S/C22H21F2N3O.C2HF3O2/c23-18-6-3-5-16(10-18)20-11-25-21-13-28-22(15-27(20)21)8-9-26(14-22)12-17-4-1-2-7-19(17)24;3-2(4,5)1(6)7/h1-7,10-11H,8-9,12-15H2;(H,6,7). The molecule has 0 bridgehead atoms. The molecule has 0 amide bonds. The van der Waals surface area contributed by atoms with Gasteiger partial charge < -0.3 is 14.4 Å². The van der Waals surface area contributed by atoms with Crippen LogP contribution in [0.5, 0.6) is 0 Å². The molecule has 1 saturated heterocycles. The highest BCUT2D eigenvalue weighted by atomic mass is 19.4. The highest BCUT2D eigenvalue weighted by Crippen LogP contribution is 2.35. The summed E-state index contributed by atoms with van der Waals surface area (Å²) in [6.45, 7) is 3.27. The lowest BCUT2D eigenvalue weighted by molar-refractivity contribution is -0.192. The van der Waals surface area contributed by atoms with Crippen LogP contribution in [0.3, 0.4) is 0 Å². The number of ether oxygens (including phenoxy) is 1. The smallest absolute Gasteiger partial charge is 0.475 e. The second-order valence-corrected chi connectivity index (χ2v) is 8.48. The van der Waals surface area contributed by atoms with E-state index < -0.39 is 12.1 Å². The van der Waals surface area contributed by atoms with Crippen LogP contribution in [0.1, 0.15) is 17.8 Å². The number of aliphatic carboxylic acids is 1. The molecule has 2 aliphatic heterocycles. The van der Waals surface area contributed by atoms with E-state index >= 15 is 0 Å². The minimum Gasteiger partial charge on any atom is -0.475 e. The van der Waals surface area contributed by atoms with Gasteiger partial charge in [-0.2, -0.15) is 13.2 Å². The predicted octanol–water partition coefficient (Wildman–Crippen LogP) is 4.64. The Hall–Kier alpha value is -3.31. The summed E-state index contributed by atoms with van der Waals surface area (Å²) < 4.78 is 67.8. The molecule has 5 rings (SSSR count). The van der Waals surface area contributed by atoms with E-state index in [4.69, 9.17) is 14.6 Å². The maximum atomic E-state index is 14.0. The van der Waals surface area contributed by atoms with Gasteiger partial charge in [0.25, 0.3) is 0 Å². The van der Waals surface area contributed by atoms with E-state index in [9.17, 15) is 22.0 Å². The molecule has 1 spiro atoms. The quantitative estimate of drug-likeness (QED) is 0.537. The molecule has 0 radical (unpaired) electrons. The number of hydrogen-bond donors (Lipinski definition) is 1. The lowest BCUT2D eigenvalue weighted by Crippen LogP contribution is -2.44. The zero-order chi connectivity index (χ0) is 25.2. The molecule has 6 nitrogen and oxygen atoms in total. The summed E-state index contributed by atoms with van der Waals surface area (Å²) in [6, 6.07) is 13.5. The summed E-state index contributed by atoms with van der Waals surface area (Å²) in [5.41, 5.74) is 2.11. The number of fused-ring (bicyclic) bond motifs is 1. The van der Waals surface area contributed by atoms with Crippen molar-refractivity contribution in [2.75, 3.05) is 13.1 Å². The SMILES string of the molecule is Fc1cccc(-c2cnc3n2CC2(CCN(Cc4ccccc4F)C2)OC3)c1.O=C(O)C(F)(F)F. The molecule has 1 aromatic heterocycles. The van der Waals surface area contributed by atoms with Gasteiger partial charge in [-0.15, -0.1) is 0 Å². The van der Waals surface area contributed by atoms with E-state index in [0.29, 0.717) is 25.3 Å². The summed E-state index contributed by atoms with van der Waals surface area (Å²) in [7, 11) is 0. The molecule has 1 N–H and O–H groups in total. The van der Waals surface area contributed by atoms with Gasteiger partial charge in [-0.1, -0.05) is 30.3 Å². The van der Waals surface area contributed by atoms with Crippen molar-refractivity contribution in [2.24, 2.45) is 0 Å². The van der Waals surface area contributed by atoms with E-state index in [1.807, 2.05) is 18.2 Å². The van der Waals surface area contributed by atoms with E-state index in [1.165, 1.54) is 18.2 Å². The van der Waals surface area contributed by atoms with Gasteiger partial charge in [-0.3, -0.25) is 4.90 Å². The van der Waals surface area contributed by atoms with Crippen LogP contribution in [0, 0.1) is 11.6 Å². The van der Waals surface area contributed by atoms with Gasteiger partial charge in [-0.25, -0.2) is 18.6 Å². The van der Waals surface area contributed by atoms with Gasteiger partial charge in [0.05, 0.1) is 18.4 Å². The van der Waals surface area contributed by atoms with Crippen LogP contribution in [0.4, 0.5) is 22.0 Å². The van der Waals surface area contributed by atoms with Gasteiger partial charge in [0.1, 0.15) is 29.7 Å². The number of carboxylic acid groups (broad SMARTS) is 1. The summed E-state index contributed by atoms with van der Waals surface area (Å²) >= 11 is 0. The molecular formula is C24H22F5N3O3. The number of alkyl halides is 3. The fraction of sp³-hybridized carbons (Fsp3) is 0.333. The van der Waals surface area contributed by atoms with Crippen molar-refractivity contribution in [3.63, 3.8) is 0 Å².